The van der Waals surface area contributed by atoms with Gasteiger partial charge in [-0.2, -0.15) is 0 Å². The number of carboxylic acid groups (broad SMARTS) is 1. The Kier molecular flexibility index (Phi) is 5.25. The lowest BCUT2D eigenvalue weighted by atomic mass is 10.1. The third-order valence-corrected chi connectivity index (χ3v) is 6.85. The minimum atomic E-state index is -1.36. The number of aromatic nitrogens is 2. The number of hydrogen-bond acceptors (Lipinski definition) is 9. The fourth-order valence-corrected chi connectivity index (χ4v) is 4.82. The van der Waals surface area contributed by atoms with Crippen molar-refractivity contribution in [2.24, 2.45) is 0 Å². The van der Waals surface area contributed by atoms with Gasteiger partial charge in [0.05, 0.1) is 10.3 Å². The Labute approximate surface area is 204 Å². The Hall–Kier alpha value is -4.19. The Morgan fingerprint density at radius 3 is 2.58 bits per heavy atom. The van der Waals surface area contributed by atoms with Crippen molar-refractivity contribution in [1.29, 1.82) is 0 Å². The number of piperazine rings is 1. The molecule has 1 N–H and O–H groups in total. The molecule has 0 atom stereocenters. The molecule has 12 heteroatoms. The smallest absolute Gasteiger partial charge is 0.341 e. The summed E-state index contributed by atoms with van der Waals surface area (Å²) < 4.78 is 12.5. The van der Waals surface area contributed by atoms with Crippen molar-refractivity contribution in [3.63, 3.8) is 0 Å². The lowest BCUT2D eigenvalue weighted by Gasteiger charge is -2.35. The fraction of sp³-hybridized carbons (Fsp3) is 0.375. The lowest BCUT2D eigenvalue weighted by molar-refractivity contribution is -0.384. The Bertz CT molecular complexity index is 1460. The number of ether oxygens (including phenoxy) is 2. The molecule has 12 nitrogen and oxygen atoms in total. The van der Waals surface area contributed by atoms with Gasteiger partial charge in [-0.15, -0.1) is 0 Å². The molecule has 1 aliphatic carbocycles. The lowest BCUT2D eigenvalue weighted by Crippen LogP contribution is -2.46. The standard InChI is InChI=1S/C24H23N5O7/c30-21-16-10-18(29(33)34)23(25-22(16)28(15-2-3-15)12-17(21)24(31)32)27-7-5-26(6-8-27)11-14-1-4-19-20(9-14)36-13-35-19/h1,4,9-10,12,15H,2-3,5-8,11,13H2,(H,31,32). The van der Waals surface area contributed by atoms with E-state index in [1.807, 2.05) is 23.1 Å². The Morgan fingerprint density at radius 2 is 1.89 bits per heavy atom. The first-order chi connectivity index (χ1) is 17.4. The second-order valence-electron chi connectivity index (χ2n) is 9.23. The summed E-state index contributed by atoms with van der Waals surface area (Å²) in [4.78, 5) is 44.5. The summed E-state index contributed by atoms with van der Waals surface area (Å²) in [6.07, 6.45) is 2.99. The molecule has 0 spiro atoms. The van der Waals surface area contributed by atoms with E-state index in [0.29, 0.717) is 32.7 Å². The van der Waals surface area contributed by atoms with Gasteiger partial charge in [-0.1, -0.05) is 6.07 Å². The highest BCUT2D eigenvalue weighted by Gasteiger charge is 2.32. The van der Waals surface area contributed by atoms with Crippen molar-refractivity contribution in [3.8, 4) is 11.5 Å². The molecule has 2 aliphatic heterocycles. The molecule has 1 saturated carbocycles. The second kappa shape index (κ2) is 8.48. The van der Waals surface area contributed by atoms with Gasteiger partial charge >= 0.3 is 11.7 Å². The molecule has 3 aliphatic rings. The molecule has 1 aromatic carbocycles. The normalized spacial score (nSPS) is 17.5. The summed E-state index contributed by atoms with van der Waals surface area (Å²) in [6.45, 7) is 3.30. The first-order valence-electron chi connectivity index (χ1n) is 11.7. The van der Waals surface area contributed by atoms with Crippen LogP contribution in [0.5, 0.6) is 11.5 Å². The van der Waals surface area contributed by atoms with Crippen molar-refractivity contribution in [2.75, 3.05) is 37.9 Å². The van der Waals surface area contributed by atoms with Crippen LogP contribution in [0.2, 0.25) is 0 Å². The van der Waals surface area contributed by atoms with Gasteiger partial charge in [0.15, 0.2) is 11.5 Å². The van der Waals surface area contributed by atoms with Crippen LogP contribution >= 0.6 is 0 Å². The van der Waals surface area contributed by atoms with Crippen molar-refractivity contribution in [1.82, 2.24) is 14.5 Å². The molecule has 6 rings (SSSR count). The van der Waals surface area contributed by atoms with Gasteiger partial charge in [0.1, 0.15) is 11.2 Å². The molecule has 0 unspecified atom stereocenters. The third kappa shape index (κ3) is 3.88. The van der Waals surface area contributed by atoms with Crippen molar-refractivity contribution < 1.29 is 24.3 Å². The van der Waals surface area contributed by atoms with Gasteiger partial charge in [0, 0.05) is 51.0 Å². The van der Waals surface area contributed by atoms with Crippen LogP contribution in [-0.4, -0.2) is 63.4 Å². The Balaban J connectivity index is 1.29. The van der Waals surface area contributed by atoms with Crippen molar-refractivity contribution in [3.05, 3.63) is 61.9 Å². The third-order valence-electron chi connectivity index (χ3n) is 6.85. The number of pyridine rings is 2. The average molecular weight is 493 g/mol. The first kappa shape index (κ1) is 22.3. The van der Waals surface area contributed by atoms with Gasteiger partial charge in [-0.05, 0) is 30.5 Å². The molecule has 0 bridgehead atoms. The number of hydrogen-bond donors (Lipinski definition) is 1. The molecule has 36 heavy (non-hydrogen) atoms. The molecule has 3 aromatic rings. The van der Waals surface area contributed by atoms with E-state index in [-0.39, 0.29) is 35.4 Å². The van der Waals surface area contributed by atoms with Crippen LogP contribution in [-0.2, 0) is 6.54 Å². The number of fused-ring (bicyclic) bond motifs is 2. The molecular formula is C24H23N5O7. The minimum absolute atomic E-state index is 0.0338. The molecule has 4 heterocycles. The van der Waals surface area contributed by atoms with E-state index in [1.165, 1.54) is 12.3 Å². The van der Waals surface area contributed by atoms with E-state index >= 15 is 0 Å². The fourth-order valence-electron chi connectivity index (χ4n) is 4.82. The van der Waals surface area contributed by atoms with Crippen LogP contribution in [0.1, 0.15) is 34.8 Å². The zero-order chi connectivity index (χ0) is 25.0. The molecule has 186 valence electrons. The SMILES string of the molecule is O=C(O)c1cn(C2CC2)c2nc(N3CCN(Cc4ccc5c(c4)OCO5)CC3)c([N+](=O)[O-])cc2c1=O. The number of carbonyl (C=O) groups is 1. The van der Waals surface area contributed by atoms with Gasteiger partial charge in [-0.3, -0.25) is 19.8 Å². The van der Waals surface area contributed by atoms with Gasteiger partial charge in [0.25, 0.3) is 0 Å². The van der Waals surface area contributed by atoms with E-state index < -0.39 is 21.9 Å². The first-order valence-corrected chi connectivity index (χ1v) is 11.7. The molecule has 2 aromatic heterocycles. The quantitative estimate of drug-likeness (QED) is 0.402. The summed E-state index contributed by atoms with van der Waals surface area (Å²) >= 11 is 0. The van der Waals surface area contributed by atoms with Crippen LogP contribution in [0.4, 0.5) is 11.5 Å². The monoisotopic (exact) mass is 493 g/mol. The highest BCUT2D eigenvalue weighted by atomic mass is 16.7. The number of anilines is 1. The zero-order valence-corrected chi connectivity index (χ0v) is 19.3. The molecule has 0 radical (unpaired) electrons. The Morgan fingerprint density at radius 1 is 1.14 bits per heavy atom. The van der Waals surface area contributed by atoms with E-state index in [0.717, 1.165) is 29.9 Å². The maximum absolute atomic E-state index is 12.8. The summed E-state index contributed by atoms with van der Waals surface area (Å²) in [5.41, 5.74) is -0.0877. The highest BCUT2D eigenvalue weighted by Crippen LogP contribution is 2.38. The second-order valence-corrected chi connectivity index (χ2v) is 9.23. The maximum Gasteiger partial charge on any atom is 0.341 e. The minimum Gasteiger partial charge on any atom is -0.477 e. The van der Waals surface area contributed by atoms with Crippen LogP contribution in [0.3, 0.4) is 0 Å². The largest absolute Gasteiger partial charge is 0.477 e. The number of rotatable bonds is 6. The summed E-state index contributed by atoms with van der Waals surface area (Å²) in [5, 5.41) is 21.4. The van der Waals surface area contributed by atoms with Gasteiger partial charge in [0.2, 0.25) is 18.0 Å². The molecule has 2 fully saturated rings. The van der Waals surface area contributed by atoms with Crippen LogP contribution < -0.4 is 19.8 Å². The molecular weight excluding hydrogens is 470 g/mol. The number of nitrogens with zero attached hydrogens (tertiary/aromatic N) is 5. The van der Waals surface area contributed by atoms with E-state index in [9.17, 15) is 24.8 Å². The van der Waals surface area contributed by atoms with Gasteiger partial charge in [-0.25, -0.2) is 9.78 Å². The predicted octanol–water partition coefficient (Wildman–Crippen LogP) is 2.39. The van der Waals surface area contributed by atoms with Crippen LogP contribution in [0, 0.1) is 10.1 Å². The molecule has 1 saturated heterocycles. The van der Waals surface area contributed by atoms with Crippen LogP contribution in [0.25, 0.3) is 11.0 Å². The number of nitro groups is 1. The number of benzene rings is 1. The van der Waals surface area contributed by atoms with Crippen molar-refractivity contribution in [2.45, 2.75) is 25.4 Å². The summed E-state index contributed by atoms with van der Waals surface area (Å²) in [5.74, 6) is 0.307. The number of aromatic carboxylic acids is 1. The summed E-state index contributed by atoms with van der Waals surface area (Å²) in [7, 11) is 0. The van der Waals surface area contributed by atoms with E-state index in [2.05, 4.69) is 9.88 Å². The van der Waals surface area contributed by atoms with Gasteiger partial charge < -0.3 is 24.0 Å². The topological polar surface area (TPSA) is 140 Å². The van der Waals surface area contributed by atoms with Crippen LogP contribution in [0.15, 0.2) is 35.3 Å². The highest BCUT2D eigenvalue weighted by molar-refractivity contribution is 5.93. The van der Waals surface area contributed by atoms with E-state index in [4.69, 9.17) is 9.47 Å². The zero-order valence-electron chi connectivity index (χ0n) is 19.3. The van der Waals surface area contributed by atoms with Crippen molar-refractivity contribution >= 4 is 28.5 Å². The number of carboxylic acids is 1. The molecule has 0 amide bonds. The average Bonchev–Trinajstić information content (AvgIpc) is 3.60. The predicted molar refractivity (Wildman–Crippen MR) is 128 cm³/mol. The maximum atomic E-state index is 12.8. The van der Waals surface area contributed by atoms with E-state index in [1.54, 1.807) is 4.57 Å². The summed E-state index contributed by atoms with van der Waals surface area (Å²) in [6, 6.07) is 7.08.